The molecule has 0 aromatic heterocycles. The summed E-state index contributed by atoms with van der Waals surface area (Å²) in [4.78, 5) is 0. The second-order valence-electron chi connectivity index (χ2n) is 4.10. The minimum absolute atomic E-state index is 0. The molecule has 0 unspecified atom stereocenters. The van der Waals surface area contributed by atoms with Crippen molar-refractivity contribution in [1.29, 1.82) is 0 Å². The van der Waals surface area contributed by atoms with E-state index in [1.807, 2.05) is 30.3 Å². The third kappa shape index (κ3) is 6.29. The van der Waals surface area contributed by atoms with Gasteiger partial charge in [0, 0.05) is 5.56 Å². The Hall–Kier alpha value is -0.709. The Morgan fingerprint density at radius 3 is 2.33 bits per heavy atom. The van der Waals surface area contributed by atoms with Gasteiger partial charge in [-0.1, -0.05) is 42.2 Å². The number of ether oxygens (including phenoxy) is 1. The minimum Gasteiger partial charge on any atom is -0.481 e. The molecule has 0 heterocycles. The molecule has 2 rings (SSSR count). The maximum Gasteiger partial charge on any atom is 1.00 e. The van der Waals surface area contributed by atoms with E-state index in [0.717, 1.165) is 17.7 Å². The summed E-state index contributed by atoms with van der Waals surface area (Å²) in [5, 5.41) is 0. The van der Waals surface area contributed by atoms with Crippen molar-refractivity contribution in [2.24, 2.45) is 0 Å². The molecule has 0 aliphatic rings. The molecule has 0 radical (unpaired) electrons. The first-order chi connectivity index (χ1) is 9.55. The molecule has 0 fully saturated rings. The number of hydrogen-bond donors (Lipinski definition) is 0. The summed E-state index contributed by atoms with van der Waals surface area (Å²) in [5.74, 6) is 5.80. The number of rotatable bonds is 3. The Kier molecular flexibility index (Phi) is 7.57. The van der Waals surface area contributed by atoms with Crippen LogP contribution in [0.3, 0.4) is 0 Å². The Bertz CT molecular complexity index is 633. The smallest absolute Gasteiger partial charge is 0.481 e. The predicted octanol–water partition coefficient (Wildman–Crippen LogP) is 0.175. The standard InChI is InChI=1S/C15H11BF3O.K/c17-16(18,19)14-9-4-10-15(12-14)20-11-5-8-13-6-2-1-3-7-13;/h1-4,6-7,9-10,12H,11H2;/q-1;+1. The molecule has 2 aromatic carbocycles. The van der Waals surface area contributed by atoms with Gasteiger partial charge in [-0.3, -0.25) is 0 Å². The van der Waals surface area contributed by atoms with Crippen LogP contribution < -0.4 is 61.6 Å². The minimum atomic E-state index is -5.00. The quantitative estimate of drug-likeness (QED) is 0.580. The maximum atomic E-state index is 12.6. The van der Waals surface area contributed by atoms with Crippen molar-refractivity contribution in [3.63, 3.8) is 0 Å². The summed E-state index contributed by atoms with van der Waals surface area (Å²) in [6, 6.07) is 14.1. The van der Waals surface area contributed by atoms with E-state index in [1.54, 1.807) is 0 Å². The molecule has 0 bridgehead atoms. The molecule has 102 valence electrons. The van der Waals surface area contributed by atoms with Crippen LogP contribution in [0.5, 0.6) is 5.75 Å². The van der Waals surface area contributed by atoms with Gasteiger partial charge in [0.25, 0.3) is 0 Å². The monoisotopic (exact) mass is 314 g/mol. The van der Waals surface area contributed by atoms with Crippen LogP contribution in [0.2, 0.25) is 0 Å². The molecule has 0 saturated carbocycles. The van der Waals surface area contributed by atoms with Crippen molar-refractivity contribution in [2.45, 2.75) is 0 Å². The van der Waals surface area contributed by atoms with Crippen molar-refractivity contribution < 1.29 is 69.1 Å². The molecule has 21 heavy (non-hydrogen) atoms. The predicted molar refractivity (Wildman–Crippen MR) is 74.0 cm³/mol. The molecular formula is C15H11BF3KO. The maximum absolute atomic E-state index is 12.6. The molecule has 0 amide bonds. The first-order valence-corrected chi connectivity index (χ1v) is 6.02. The zero-order chi connectivity index (χ0) is 14.4. The van der Waals surface area contributed by atoms with Gasteiger partial charge in [0.2, 0.25) is 0 Å². The van der Waals surface area contributed by atoms with Crippen molar-refractivity contribution >= 4 is 12.4 Å². The van der Waals surface area contributed by atoms with E-state index in [2.05, 4.69) is 11.8 Å². The number of benzene rings is 2. The molecule has 0 aliphatic heterocycles. The normalized spacial score (nSPS) is 10.0. The van der Waals surface area contributed by atoms with Gasteiger partial charge >= 0.3 is 58.4 Å². The Morgan fingerprint density at radius 1 is 0.952 bits per heavy atom. The number of hydrogen-bond acceptors (Lipinski definition) is 1. The van der Waals surface area contributed by atoms with Gasteiger partial charge in [0.15, 0.2) is 0 Å². The van der Waals surface area contributed by atoms with E-state index in [9.17, 15) is 12.9 Å². The second-order valence-corrected chi connectivity index (χ2v) is 4.10. The summed E-state index contributed by atoms with van der Waals surface area (Å²) in [6.45, 7) is -4.96. The van der Waals surface area contributed by atoms with E-state index in [0.29, 0.717) is 0 Å². The molecule has 0 saturated heterocycles. The van der Waals surface area contributed by atoms with Crippen molar-refractivity contribution in [1.82, 2.24) is 0 Å². The molecule has 0 atom stereocenters. The van der Waals surface area contributed by atoms with Crippen LogP contribution in [0.1, 0.15) is 5.56 Å². The van der Waals surface area contributed by atoms with Crippen LogP contribution in [0.4, 0.5) is 12.9 Å². The average molecular weight is 314 g/mol. The zero-order valence-corrected chi connectivity index (χ0v) is 14.6. The third-order valence-corrected chi connectivity index (χ3v) is 2.55. The molecule has 0 N–H and O–H groups in total. The van der Waals surface area contributed by atoms with E-state index in [-0.39, 0.29) is 63.7 Å². The fourth-order valence-electron chi connectivity index (χ4n) is 1.59. The van der Waals surface area contributed by atoms with E-state index >= 15 is 0 Å². The van der Waals surface area contributed by atoms with Crippen molar-refractivity contribution in [3.05, 3.63) is 60.2 Å². The number of halogens is 3. The van der Waals surface area contributed by atoms with Gasteiger partial charge in [0.1, 0.15) is 12.4 Å². The Balaban J connectivity index is 0.00000220. The summed E-state index contributed by atoms with van der Waals surface area (Å²) in [7, 11) is 0. The van der Waals surface area contributed by atoms with E-state index < -0.39 is 12.4 Å². The van der Waals surface area contributed by atoms with E-state index in [1.165, 1.54) is 12.1 Å². The molecule has 6 heteroatoms. The van der Waals surface area contributed by atoms with Crippen molar-refractivity contribution in [2.75, 3.05) is 6.61 Å². The van der Waals surface area contributed by atoms with Crippen LogP contribution in [0.15, 0.2) is 54.6 Å². The Labute approximate surface area is 164 Å². The van der Waals surface area contributed by atoms with E-state index in [4.69, 9.17) is 4.74 Å². The summed E-state index contributed by atoms with van der Waals surface area (Å²) in [6.07, 6.45) is 0. The van der Waals surface area contributed by atoms with Gasteiger partial charge in [-0.2, -0.15) is 0 Å². The zero-order valence-electron chi connectivity index (χ0n) is 11.5. The fraction of sp³-hybridized carbons (Fsp3) is 0.0667. The van der Waals surface area contributed by atoms with Crippen LogP contribution in [-0.4, -0.2) is 13.6 Å². The summed E-state index contributed by atoms with van der Waals surface area (Å²) >= 11 is 0. The SMILES string of the molecule is F[B-](F)(F)c1cccc(OCC#Cc2ccccc2)c1.[K+]. The largest absolute Gasteiger partial charge is 1.00 e. The third-order valence-electron chi connectivity index (χ3n) is 2.55. The first-order valence-electron chi connectivity index (χ1n) is 6.02. The van der Waals surface area contributed by atoms with Crippen molar-refractivity contribution in [3.8, 4) is 17.6 Å². The topological polar surface area (TPSA) is 9.23 Å². The molecule has 2 aromatic rings. The summed E-state index contributed by atoms with van der Waals surface area (Å²) in [5.41, 5.74) is 0.169. The van der Waals surface area contributed by atoms with Crippen LogP contribution in [-0.2, 0) is 0 Å². The van der Waals surface area contributed by atoms with Gasteiger partial charge in [-0.25, -0.2) is 0 Å². The first kappa shape index (κ1) is 18.3. The summed E-state index contributed by atoms with van der Waals surface area (Å²) < 4.78 is 42.9. The van der Waals surface area contributed by atoms with Crippen LogP contribution in [0, 0.1) is 11.8 Å². The fourth-order valence-corrected chi connectivity index (χ4v) is 1.59. The van der Waals surface area contributed by atoms with Crippen LogP contribution in [0.25, 0.3) is 0 Å². The van der Waals surface area contributed by atoms with Crippen LogP contribution >= 0.6 is 0 Å². The van der Waals surface area contributed by atoms with Gasteiger partial charge < -0.3 is 17.7 Å². The van der Waals surface area contributed by atoms with Gasteiger partial charge in [-0.15, -0.1) is 5.46 Å². The van der Waals surface area contributed by atoms with Gasteiger partial charge in [0.05, 0.1) is 0 Å². The van der Waals surface area contributed by atoms with Gasteiger partial charge in [-0.05, 0) is 24.3 Å². The average Bonchev–Trinajstić information content (AvgIpc) is 2.44. The Morgan fingerprint density at radius 2 is 1.67 bits per heavy atom. The molecular weight excluding hydrogens is 303 g/mol. The molecule has 1 nitrogen and oxygen atoms in total. The molecule has 0 spiro atoms. The molecule has 0 aliphatic carbocycles. The second kappa shape index (κ2) is 8.67.